The van der Waals surface area contributed by atoms with Crippen LogP contribution in [0.1, 0.15) is 43.0 Å². The van der Waals surface area contributed by atoms with Crippen LogP contribution in [0.2, 0.25) is 9.88 Å². The van der Waals surface area contributed by atoms with Gasteiger partial charge >= 0.3 is 236 Å². The van der Waals surface area contributed by atoms with E-state index in [0.29, 0.717) is 22.5 Å². The first-order valence-electron chi connectivity index (χ1n) is 12.9. The van der Waals surface area contributed by atoms with E-state index in [1.807, 2.05) is 88.4 Å². The fourth-order valence-electron chi connectivity index (χ4n) is 4.18. The number of hydrogen-bond donors (Lipinski definition) is 2. The molecule has 0 radical (unpaired) electrons. The fourth-order valence-corrected chi connectivity index (χ4v) is 7.48. The molecule has 0 atom stereocenters. The summed E-state index contributed by atoms with van der Waals surface area (Å²) in [5.41, 5.74) is 8.36. The molecule has 0 amide bonds. The van der Waals surface area contributed by atoms with Gasteiger partial charge in [0.2, 0.25) is 0 Å². The second kappa shape index (κ2) is 11.9. The van der Waals surface area contributed by atoms with Gasteiger partial charge in [-0.15, -0.1) is 0 Å². The molecule has 4 aromatic rings. The van der Waals surface area contributed by atoms with Crippen LogP contribution in [-0.2, 0) is 6.15 Å². The van der Waals surface area contributed by atoms with Crippen LogP contribution in [0.3, 0.4) is 0 Å². The molecule has 0 aliphatic carbocycles. The average Bonchev–Trinajstić information content (AvgIpc) is 2.89. The van der Waals surface area contributed by atoms with Gasteiger partial charge in [0.05, 0.1) is 0 Å². The molecule has 7 heteroatoms. The van der Waals surface area contributed by atoms with Gasteiger partial charge in [0.1, 0.15) is 0 Å². The van der Waals surface area contributed by atoms with Gasteiger partial charge in [-0.25, -0.2) is 0 Å². The molecule has 0 fully saturated rings. The van der Waals surface area contributed by atoms with Crippen molar-refractivity contribution in [3.8, 4) is 0 Å². The standard InChI is InChI=1S/2C15H15NO2.2CH3.Sn/c2*1-10-6-5-9-13(11(10)2)16-14-8-4-3-7-12(14)15(17)18;;;/h2*3-9,16H,1-2H3,(H,17,18);2*1H3;/q;;;;+2/p-2. The summed E-state index contributed by atoms with van der Waals surface area (Å²) >= 11 is -4.09. The van der Waals surface area contributed by atoms with Crippen molar-refractivity contribution >= 4 is 53.9 Å². The predicted octanol–water partition coefficient (Wildman–Crippen LogP) is 8.12. The molecule has 0 spiro atoms. The summed E-state index contributed by atoms with van der Waals surface area (Å²) in [4.78, 5) is 30.1. The molecule has 0 aliphatic heterocycles. The number of rotatable bonds is 8. The number of para-hydroxylation sites is 2. The van der Waals surface area contributed by atoms with Crippen molar-refractivity contribution in [2.24, 2.45) is 0 Å². The molecule has 0 saturated heterocycles. The summed E-state index contributed by atoms with van der Waals surface area (Å²) in [6.07, 6.45) is 0. The number of carbonyl (C=O) groups is 2. The van der Waals surface area contributed by atoms with Crippen LogP contribution >= 0.6 is 0 Å². The Morgan fingerprint density at radius 3 is 1.31 bits per heavy atom. The molecule has 2 N–H and O–H groups in total. The normalized spacial score (nSPS) is 11.0. The molecule has 0 aliphatic rings. The van der Waals surface area contributed by atoms with E-state index in [4.69, 9.17) is 6.15 Å². The first-order valence-corrected chi connectivity index (χ1v) is 20.9. The van der Waals surface area contributed by atoms with Crippen molar-refractivity contribution in [2.75, 3.05) is 10.6 Å². The maximum absolute atomic E-state index is 13.3. The van der Waals surface area contributed by atoms with Gasteiger partial charge in [-0.1, -0.05) is 0 Å². The van der Waals surface area contributed by atoms with Crippen molar-refractivity contribution in [3.63, 3.8) is 0 Å². The van der Waals surface area contributed by atoms with Crippen LogP contribution in [0.5, 0.6) is 0 Å². The Morgan fingerprint density at radius 1 is 0.538 bits per heavy atom. The molecule has 0 heterocycles. The van der Waals surface area contributed by atoms with Crippen molar-refractivity contribution in [2.45, 2.75) is 37.6 Å². The molecule has 0 saturated carbocycles. The van der Waals surface area contributed by atoms with E-state index in [0.717, 1.165) is 33.6 Å². The molecule has 0 bridgehead atoms. The van der Waals surface area contributed by atoms with Gasteiger partial charge in [0.15, 0.2) is 0 Å². The third-order valence-corrected chi connectivity index (χ3v) is 10.6. The number of carbonyl (C=O) groups excluding carboxylic acids is 2. The zero-order chi connectivity index (χ0) is 28.2. The van der Waals surface area contributed by atoms with E-state index in [1.54, 1.807) is 34.1 Å². The minimum atomic E-state index is -4.09. The summed E-state index contributed by atoms with van der Waals surface area (Å²) in [5.74, 6) is -1.03. The van der Waals surface area contributed by atoms with E-state index in [9.17, 15) is 9.59 Å². The van der Waals surface area contributed by atoms with Crippen molar-refractivity contribution < 1.29 is 15.7 Å². The maximum atomic E-state index is 13.3. The number of hydrogen-bond acceptors (Lipinski definition) is 6. The quantitative estimate of drug-likeness (QED) is 0.192. The second-order valence-corrected chi connectivity index (χ2v) is 19.2. The average molecular weight is 629 g/mol. The number of nitrogens with one attached hydrogen (secondary N) is 2. The fraction of sp³-hybridized carbons (Fsp3) is 0.188. The molecule has 200 valence electrons. The molecule has 4 rings (SSSR count). The Balaban J connectivity index is 1.51. The van der Waals surface area contributed by atoms with Gasteiger partial charge < -0.3 is 0 Å². The van der Waals surface area contributed by atoms with Crippen molar-refractivity contribution in [1.29, 1.82) is 0 Å². The summed E-state index contributed by atoms with van der Waals surface area (Å²) in [6, 6.07) is 26.4. The number of anilines is 4. The predicted molar refractivity (Wildman–Crippen MR) is 160 cm³/mol. The van der Waals surface area contributed by atoms with E-state index >= 15 is 0 Å². The van der Waals surface area contributed by atoms with Gasteiger partial charge in [-0.2, -0.15) is 0 Å². The van der Waals surface area contributed by atoms with Crippen LogP contribution in [0.15, 0.2) is 84.9 Å². The Labute approximate surface area is 235 Å². The Hall–Kier alpha value is -3.78. The molecule has 0 aromatic heterocycles. The summed E-state index contributed by atoms with van der Waals surface area (Å²) < 4.78 is 11.8. The topological polar surface area (TPSA) is 76.7 Å². The SMILES string of the molecule is Cc1cccc(Nc2ccccc2C(=O)[O][Sn]([CH3])([CH3])[O]C(=O)c2ccccc2Nc2cccc(C)c2C)c1C. The summed E-state index contributed by atoms with van der Waals surface area (Å²) in [7, 11) is 0. The molecule has 4 aromatic carbocycles. The van der Waals surface area contributed by atoms with Gasteiger partial charge in [-0.05, 0) is 0 Å². The molecule has 6 nitrogen and oxygen atoms in total. The number of benzene rings is 4. The summed E-state index contributed by atoms with van der Waals surface area (Å²) in [5, 5.41) is 6.72. The Bertz CT molecular complexity index is 1420. The van der Waals surface area contributed by atoms with Crippen LogP contribution in [0.25, 0.3) is 0 Å². The summed E-state index contributed by atoms with van der Waals surface area (Å²) in [6.45, 7) is 8.15. The van der Waals surface area contributed by atoms with Crippen LogP contribution in [-0.4, -0.2) is 31.1 Å². The van der Waals surface area contributed by atoms with E-state index in [2.05, 4.69) is 10.6 Å². The van der Waals surface area contributed by atoms with Crippen LogP contribution in [0, 0.1) is 27.7 Å². The first-order chi connectivity index (χ1) is 18.6. The zero-order valence-corrected chi connectivity index (χ0v) is 26.1. The van der Waals surface area contributed by atoms with Gasteiger partial charge in [-0.3, -0.25) is 0 Å². The zero-order valence-electron chi connectivity index (χ0n) is 23.2. The third-order valence-electron chi connectivity index (χ3n) is 6.72. The molecular formula is C32H34N2O4Sn. The van der Waals surface area contributed by atoms with Crippen LogP contribution in [0.4, 0.5) is 22.7 Å². The second-order valence-electron chi connectivity index (χ2n) is 10.0. The van der Waals surface area contributed by atoms with Crippen molar-refractivity contribution in [3.05, 3.63) is 118 Å². The van der Waals surface area contributed by atoms with Gasteiger partial charge in [0.25, 0.3) is 0 Å². The monoisotopic (exact) mass is 630 g/mol. The number of aryl methyl sites for hydroxylation is 2. The minimum absolute atomic E-state index is 0.385. The third kappa shape index (κ3) is 6.81. The van der Waals surface area contributed by atoms with Crippen LogP contribution < -0.4 is 10.6 Å². The molecule has 39 heavy (non-hydrogen) atoms. The first kappa shape index (κ1) is 28.2. The van der Waals surface area contributed by atoms with Crippen molar-refractivity contribution in [1.82, 2.24) is 0 Å². The molecular weight excluding hydrogens is 595 g/mol. The Kier molecular flexibility index (Phi) is 8.65. The van der Waals surface area contributed by atoms with Gasteiger partial charge in [0, 0.05) is 0 Å². The van der Waals surface area contributed by atoms with E-state index in [-0.39, 0.29) is 0 Å². The molecule has 0 unspecified atom stereocenters. The van der Waals surface area contributed by atoms with E-state index < -0.39 is 31.1 Å². The van der Waals surface area contributed by atoms with E-state index in [1.165, 1.54) is 0 Å². The Morgan fingerprint density at radius 2 is 0.897 bits per heavy atom.